The van der Waals surface area contributed by atoms with E-state index in [2.05, 4.69) is 25.6 Å². The van der Waals surface area contributed by atoms with Gasteiger partial charge in [-0.2, -0.15) is 0 Å². The summed E-state index contributed by atoms with van der Waals surface area (Å²) >= 11 is 6.30. The van der Waals surface area contributed by atoms with Crippen LogP contribution in [0.3, 0.4) is 0 Å². The number of hydrogen-bond donors (Lipinski definition) is 3. The lowest BCUT2D eigenvalue weighted by molar-refractivity contribution is 0.0944. The minimum absolute atomic E-state index is 0.0274. The summed E-state index contributed by atoms with van der Waals surface area (Å²) in [7, 11) is 1.58. The van der Waals surface area contributed by atoms with Crippen LogP contribution in [0, 0.1) is 0 Å². The summed E-state index contributed by atoms with van der Waals surface area (Å²) in [4.78, 5) is 11.8. The summed E-state index contributed by atoms with van der Waals surface area (Å²) in [6.07, 6.45) is 0.895. The van der Waals surface area contributed by atoms with E-state index >= 15 is 0 Å². The molecule has 1 amide bonds. The third-order valence-electron chi connectivity index (χ3n) is 3.43. The Hall–Kier alpha value is -2.52. The van der Waals surface area contributed by atoms with Gasteiger partial charge in [-0.05, 0) is 28.4 Å². The van der Waals surface area contributed by atoms with Crippen LogP contribution >= 0.6 is 11.6 Å². The van der Waals surface area contributed by atoms with Gasteiger partial charge in [0.2, 0.25) is 11.5 Å². The number of ether oxygens (including phenoxy) is 2. The van der Waals surface area contributed by atoms with Crippen LogP contribution in [-0.2, 0) is 6.54 Å². The molecule has 0 saturated heterocycles. The predicted octanol–water partition coefficient (Wildman–Crippen LogP) is 1.62. The Balaban J connectivity index is 1.82. The van der Waals surface area contributed by atoms with Crippen molar-refractivity contribution in [3.05, 3.63) is 28.4 Å². The average molecular weight is 384 g/mol. The first-order valence-corrected chi connectivity index (χ1v) is 8.50. The summed E-state index contributed by atoms with van der Waals surface area (Å²) < 4.78 is 15.4. The molecule has 0 saturated carbocycles. The van der Waals surface area contributed by atoms with Gasteiger partial charge < -0.3 is 25.8 Å². The molecule has 0 aliphatic heterocycles. The van der Waals surface area contributed by atoms with E-state index in [1.165, 1.54) is 0 Å². The van der Waals surface area contributed by atoms with E-state index in [9.17, 15) is 4.79 Å². The number of nitrogens with one attached hydrogen (secondary N) is 2. The number of amides is 1. The Morgan fingerprint density at radius 2 is 2.12 bits per heavy atom. The molecule has 2 aromatic rings. The number of hydrogen-bond acceptors (Lipinski definition) is 8. The van der Waals surface area contributed by atoms with Gasteiger partial charge in [-0.25, -0.2) is 4.63 Å². The Bertz CT molecular complexity index is 737. The van der Waals surface area contributed by atoms with Crippen LogP contribution < -0.4 is 25.8 Å². The predicted molar refractivity (Wildman–Crippen MR) is 96.5 cm³/mol. The van der Waals surface area contributed by atoms with Crippen LogP contribution in [0.2, 0.25) is 5.02 Å². The fourth-order valence-electron chi connectivity index (χ4n) is 2.12. The van der Waals surface area contributed by atoms with Gasteiger partial charge in [0, 0.05) is 30.7 Å². The number of anilines is 1. The van der Waals surface area contributed by atoms with Crippen LogP contribution in [0.4, 0.5) is 5.82 Å². The monoisotopic (exact) mass is 383 g/mol. The molecular formula is C16H22ClN5O4. The molecule has 0 atom stereocenters. The zero-order valence-corrected chi connectivity index (χ0v) is 15.4. The fourth-order valence-corrected chi connectivity index (χ4v) is 2.34. The zero-order chi connectivity index (χ0) is 18.9. The highest BCUT2D eigenvalue weighted by Crippen LogP contribution is 2.33. The number of nitrogens with zero attached hydrogens (tertiary/aromatic N) is 2. The van der Waals surface area contributed by atoms with Crippen molar-refractivity contribution in [3.63, 3.8) is 0 Å². The lowest BCUT2D eigenvalue weighted by atomic mass is 10.2. The highest BCUT2D eigenvalue weighted by atomic mass is 35.5. The number of halogens is 1. The first-order valence-electron chi connectivity index (χ1n) is 8.13. The maximum Gasteiger partial charge on any atom is 0.277 e. The van der Waals surface area contributed by atoms with Crippen LogP contribution in [-0.4, -0.2) is 43.0 Å². The number of rotatable bonds is 10. The standard InChI is InChI=1S/C16H22ClN5O4/c1-3-6-25-13-8-11(17)10(7-12(13)24-2)9-19-4-5-20-16(23)14-15(18)22-26-21-14/h7-8,19H,3-6,9H2,1-2H3,(H2,18,22)(H,20,23). The summed E-state index contributed by atoms with van der Waals surface area (Å²) in [5.74, 6) is 0.763. The van der Waals surface area contributed by atoms with Gasteiger partial charge in [0.15, 0.2) is 11.5 Å². The average Bonchev–Trinajstić information content (AvgIpc) is 3.06. The molecule has 0 fully saturated rings. The topological polar surface area (TPSA) is 125 Å². The number of methoxy groups -OCH3 is 1. The minimum atomic E-state index is -0.442. The first kappa shape index (κ1) is 19.8. The quantitative estimate of drug-likeness (QED) is 0.528. The summed E-state index contributed by atoms with van der Waals surface area (Å²) in [5.41, 5.74) is 6.29. The Morgan fingerprint density at radius 3 is 2.77 bits per heavy atom. The number of nitrogen functional groups attached to an aromatic ring is 1. The molecule has 0 radical (unpaired) electrons. The van der Waals surface area contributed by atoms with Crippen molar-refractivity contribution < 1.29 is 18.9 Å². The zero-order valence-electron chi connectivity index (χ0n) is 14.7. The van der Waals surface area contributed by atoms with Gasteiger partial charge in [-0.1, -0.05) is 18.5 Å². The lowest BCUT2D eigenvalue weighted by Crippen LogP contribution is -2.32. The van der Waals surface area contributed by atoms with Crippen LogP contribution in [0.15, 0.2) is 16.8 Å². The van der Waals surface area contributed by atoms with Crippen molar-refractivity contribution in [1.29, 1.82) is 0 Å². The minimum Gasteiger partial charge on any atom is -0.493 e. The van der Waals surface area contributed by atoms with Gasteiger partial charge in [0.25, 0.3) is 5.91 Å². The smallest absolute Gasteiger partial charge is 0.277 e. The van der Waals surface area contributed by atoms with Crippen molar-refractivity contribution >= 4 is 23.3 Å². The fraction of sp³-hybridized carbons (Fsp3) is 0.438. The van der Waals surface area contributed by atoms with Crippen molar-refractivity contribution in [1.82, 2.24) is 20.9 Å². The van der Waals surface area contributed by atoms with Crippen molar-refractivity contribution in [2.24, 2.45) is 0 Å². The highest BCUT2D eigenvalue weighted by molar-refractivity contribution is 6.31. The second kappa shape index (κ2) is 9.83. The molecule has 1 aromatic carbocycles. The largest absolute Gasteiger partial charge is 0.493 e. The second-order valence-corrected chi connectivity index (χ2v) is 5.78. The maximum absolute atomic E-state index is 11.8. The molecule has 142 valence electrons. The number of nitrogens with two attached hydrogens (primary N) is 1. The van der Waals surface area contributed by atoms with E-state index in [-0.39, 0.29) is 11.5 Å². The van der Waals surface area contributed by atoms with Crippen molar-refractivity contribution in [2.45, 2.75) is 19.9 Å². The van der Waals surface area contributed by atoms with Crippen LogP contribution in [0.5, 0.6) is 11.5 Å². The van der Waals surface area contributed by atoms with Gasteiger partial charge >= 0.3 is 0 Å². The molecule has 0 aliphatic rings. The Labute approximate surface area is 156 Å². The third kappa shape index (κ3) is 5.24. The second-order valence-electron chi connectivity index (χ2n) is 5.37. The van der Waals surface area contributed by atoms with Crippen molar-refractivity contribution in [3.8, 4) is 11.5 Å². The van der Waals surface area contributed by atoms with E-state index in [0.29, 0.717) is 42.8 Å². The molecule has 1 aromatic heterocycles. The number of aromatic nitrogens is 2. The molecule has 4 N–H and O–H groups in total. The number of benzene rings is 1. The molecular weight excluding hydrogens is 362 g/mol. The summed E-state index contributed by atoms with van der Waals surface area (Å²) in [5, 5.41) is 13.2. The molecule has 0 aliphatic carbocycles. The Kier molecular flexibility index (Phi) is 7.49. The first-order chi connectivity index (χ1) is 12.6. The lowest BCUT2D eigenvalue weighted by Gasteiger charge is -2.14. The van der Waals surface area contributed by atoms with E-state index in [1.54, 1.807) is 13.2 Å². The maximum atomic E-state index is 11.8. The number of carbonyl (C=O) groups excluding carboxylic acids is 1. The van der Waals surface area contributed by atoms with E-state index in [4.69, 9.17) is 26.8 Å². The third-order valence-corrected chi connectivity index (χ3v) is 3.78. The van der Waals surface area contributed by atoms with Gasteiger partial charge in [0.05, 0.1) is 13.7 Å². The SMILES string of the molecule is CCCOc1cc(Cl)c(CNCCNC(=O)c2nonc2N)cc1OC. The highest BCUT2D eigenvalue weighted by Gasteiger charge is 2.15. The summed E-state index contributed by atoms with van der Waals surface area (Å²) in [6, 6.07) is 3.58. The molecule has 9 nitrogen and oxygen atoms in total. The molecule has 0 bridgehead atoms. The van der Waals surface area contributed by atoms with Crippen LogP contribution in [0.1, 0.15) is 29.4 Å². The van der Waals surface area contributed by atoms with Gasteiger partial charge in [-0.3, -0.25) is 4.79 Å². The van der Waals surface area contributed by atoms with E-state index < -0.39 is 5.91 Å². The number of carbonyl (C=O) groups is 1. The molecule has 2 rings (SSSR count). The molecule has 10 heteroatoms. The molecule has 26 heavy (non-hydrogen) atoms. The van der Waals surface area contributed by atoms with Crippen molar-refractivity contribution in [2.75, 3.05) is 32.5 Å². The molecule has 1 heterocycles. The summed E-state index contributed by atoms with van der Waals surface area (Å²) in [6.45, 7) is 4.02. The van der Waals surface area contributed by atoms with Gasteiger partial charge in [0.1, 0.15) is 0 Å². The van der Waals surface area contributed by atoms with E-state index in [0.717, 1.165) is 12.0 Å². The van der Waals surface area contributed by atoms with Gasteiger partial charge in [-0.15, -0.1) is 0 Å². The molecule has 0 unspecified atom stereocenters. The molecule has 0 spiro atoms. The normalized spacial score (nSPS) is 10.6. The van der Waals surface area contributed by atoms with E-state index in [1.807, 2.05) is 13.0 Å². The Morgan fingerprint density at radius 1 is 1.31 bits per heavy atom. The van der Waals surface area contributed by atoms with Crippen LogP contribution in [0.25, 0.3) is 0 Å².